The van der Waals surface area contributed by atoms with Crippen LogP contribution in [0.25, 0.3) is 0 Å². The topological polar surface area (TPSA) is 46.0 Å². The number of nitrogens with zero attached hydrogens (tertiary/aromatic N) is 1. The van der Waals surface area contributed by atoms with Gasteiger partial charge in [0, 0.05) is 17.8 Å². The third-order valence-corrected chi connectivity index (χ3v) is 5.76. The van der Waals surface area contributed by atoms with Gasteiger partial charge in [-0.3, -0.25) is 4.79 Å². The molecule has 1 aromatic carbocycles. The second-order valence-corrected chi connectivity index (χ2v) is 7.55. The van der Waals surface area contributed by atoms with Crippen molar-refractivity contribution in [2.24, 2.45) is 5.92 Å². The molecule has 2 atom stereocenters. The highest BCUT2D eigenvalue weighted by Crippen LogP contribution is 2.23. The summed E-state index contributed by atoms with van der Waals surface area (Å²) in [6.45, 7) is 6.85. The molecule has 2 fully saturated rings. The van der Waals surface area contributed by atoms with Crippen LogP contribution in [0.3, 0.4) is 0 Å². The van der Waals surface area contributed by atoms with Crippen molar-refractivity contribution in [1.29, 1.82) is 0 Å². The molecule has 2 N–H and O–H groups in total. The molecule has 1 saturated heterocycles. The van der Waals surface area contributed by atoms with E-state index in [4.69, 9.17) is 4.74 Å². The Morgan fingerprint density at radius 3 is 2.76 bits per heavy atom. The Morgan fingerprint density at radius 1 is 1.28 bits per heavy atom. The van der Waals surface area contributed by atoms with Crippen LogP contribution in [0.2, 0.25) is 0 Å². The number of hydrogen-bond donors (Lipinski definition) is 2. The van der Waals surface area contributed by atoms with Gasteiger partial charge < -0.3 is 19.9 Å². The normalized spacial score (nSPS) is 24.8. The Kier molecular flexibility index (Phi) is 6.19. The molecule has 0 radical (unpaired) electrons. The molecule has 1 aliphatic carbocycles. The van der Waals surface area contributed by atoms with Crippen molar-refractivity contribution in [3.8, 4) is 5.75 Å². The summed E-state index contributed by atoms with van der Waals surface area (Å²) in [5.41, 5.74) is 1.21. The van der Waals surface area contributed by atoms with Crippen molar-refractivity contribution in [1.82, 2.24) is 5.32 Å². The van der Waals surface area contributed by atoms with E-state index in [1.165, 1.54) is 29.8 Å². The summed E-state index contributed by atoms with van der Waals surface area (Å²) < 4.78 is 5.32. The van der Waals surface area contributed by atoms with E-state index < -0.39 is 0 Å². The molecular formula is C20H32N3O2+. The highest BCUT2D eigenvalue weighted by Gasteiger charge is 2.26. The van der Waals surface area contributed by atoms with Gasteiger partial charge in [0.1, 0.15) is 5.75 Å². The van der Waals surface area contributed by atoms with Crippen LogP contribution in [0.5, 0.6) is 5.75 Å². The number of methoxy groups -OCH3 is 1. The zero-order chi connectivity index (χ0) is 17.6. The summed E-state index contributed by atoms with van der Waals surface area (Å²) in [7, 11) is 1.70. The molecule has 0 spiro atoms. The number of amides is 1. The molecule has 0 unspecified atom stereocenters. The zero-order valence-corrected chi connectivity index (χ0v) is 15.6. The van der Waals surface area contributed by atoms with E-state index in [0.29, 0.717) is 18.5 Å². The highest BCUT2D eigenvalue weighted by molar-refractivity contribution is 5.77. The number of rotatable bonds is 5. The predicted octanol–water partition coefficient (Wildman–Crippen LogP) is 1.10. The number of carbonyl (C=O) groups is 1. The van der Waals surface area contributed by atoms with Crippen molar-refractivity contribution in [2.45, 2.75) is 38.6 Å². The van der Waals surface area contributed by atoms with Crippen LogP contribution < -0.4 is 19.9 Å². The first-order chi connectivity index (χ1) is 12.2. The average Bonchev–Trinajstić information content (AvgIpc) is 2.64. The number of carbonyl (C=O) groups excluding carboxylic acids is 1. The van der Waals surface area contributed by atoms with Gasteiger partial charge in [-0.1, -0.05) is 25.8 Å². The van der Waals surface area contributed by atoms with Crippen molar-refractivity contribution in [3.63, 3.8) is 0 Å². The Morgan fingerprint density at radius 2 is 2.04 bits per heavy atom. The lowest BCUT2D eigenvalue weighted by molar-refractivity contribution is -0.892. The van der Waals surface area contributed by atoms with Crippen LogP contribution in [0, 0.1) is 5.92 Å². The fourth-order valence-electron chi connectivity index (χ4n) is 4.08. The van der Waals surface area contributed by atoms with E-state index in [0.717, 1.165) is 38.3 Å². The van der Waals surface area contributed by atoms with Crippen LogP contribution in [-0.4, -0.2) is 51.8 Å². The molecule has 0 bridgehead atoms. The number of ether oxygens (including phenoxy) is 1. The summed E-state index contributed by atoms with van der Waals surface area (Å²) in [5, 5.41) is 3.28. The second-order valence-electron chi connectivity index (χ2n) is 7.55. The maximum atomic E-state index is 12.4. The molecule has 1 amide bonds. The maximum absolute atomic E-state index is 12.4. The Hall–Kier alpha value is -1.75. The van der Waals surface area contributed by atoms with Crippen LogP contribution in [0.4, 0.5) is 5.69 Å². The summed E-state index contributed by atoms with van der Waals surface area (Å²) in [6, 6.07) is 8.61. The number of piperazine rings is 1. The lowest BCUT2D eigenvalue weighted by Crippen LogP contribution is -3.16. The highest BCUT2D eigenvalue weighted by atomic mass is 16.5. The van der Waals surface area contributed by atoms with Gasteiger partial charge in [0.05, 0.1) is 33.3 Å². The number of quaternary nitrogens is 1. The SMILES string of the molecule is COc1cccc(N2CC[NH+](CC(=O)N[C@@H]3CCCC[C@@H]3C)CC2)c1. The molecule has 1 saturated carbocycles. The molecule has 0 aromatic heterocycles. The Labute approximate surface area is 151 Å². The molecule has 3 rings (SSSR count). The molecule has 5 heteroatoms. The summed E-state index contributed by atoms with van der Waals surface area (Å²) in [6.07, 6.45) is 4.95. The molecule has 1 heterocycles. The van der Waals surface area contributed by atoms with Crippen LogP contribution in [-0.2, 0) is 4.79 Å². The molecular weight excluding hydrogens is 314 g/mol. The van der Waals surface area contributed by atoms with E-state index in [-0.39, 0.29) is 5.91 Å². The molecule has 2 aliphatic rings. The van der Waals surface area contributed by atoms with Gasteiger partial charge in [0.2, 0.25) is 0 Å². The van der Waals surface area contributed by atoms with Crippen LogP contribution in [0.1, 0.15) is 32.6 Å². The third-order valence-electron chi connectivity index (χ3n) is 5.76. The van der Waals surface area contributed by atoms with Gasteiger partial charge in [-0.2, -0.15) is 0 Å². The Bertz CT molecular complexity index is 570. The minimum Gasteiger partial charge on any atom is -0.497 e. The first-order valence-electron chi connectivity index (χ1n) is 9.67. The smallest absolute Gasteiger partial charge is 0.275 e. The van der Waals surface area contributed by atoms with Crippen LogP contribution >= 0.6 is 0 Å². The molecule has 5 nitrogen and oxygen atoms in total. The molecule has 138 valence electrons. The first-order valence-corrected chi connectivity index (χ1v) is 9.67. The molecule has 25 heavy (non-hydrogen) atoms. The quantitative estimate of drug-likeness (QED) is 0.839. The number of anilines is 1. The minimum atomic E-state index is 0.226. The van der Waals surface area contributed by atoms with Gasteiger partial charge in [-0.05, 0) is 30.9 Å². The van der Waals surface area contributed by atoms with E-state index in [1.807, 2.05) is 12.1 Å². The van der Waals surface area contributed by atoms with E-state index in [1.54, 1.807) is 7.11 Å². The fraction of sp³-hybridized carbons (Fsp3) is 0.650. The summed E-state index contributed by atoms with van der Waals surface area (Å²) >= 11 is 0. The Balaban J connectivity index is 1.45. The number of hydrogen-bond acceptors (Lipinski definition) is 3. The second kappa shape index (κ2) is 8.56. The minimum absolute atomic E-state index is 0.226. The zero-order valence-electron chi connectivity index (χ0n) is 15.6. The van der Waals surface area contributed by atoms with E-state index >= 15 is 0 Å². The van der Waals surface area contributed by atoms with Gasteiger partial charge in [-0.25, -0.2) is 0 Å². The lowest BCUT2D eigenvalue weighted by atomic mass is 9.86. The van der Waals surface area contributed by atoms with E-state index in [2.05, 4.69) is 29.3 Å². The van der Waals surface area contributed by atoms with Gasteiger partial charge >= 0.3 is 0 Å². The van der Waals surface area contributed by atoms with Gasteiger partial charge in [-0.15, -0.1) is 0 Å². The standard InChI is InChI=1S/C20H31N3O2/c1-16-6-3-4-9-19(16)21-20(24)15-22-10-12-23(13-11-22)17-7-5-8-18(14-17)25-2/h5,7-8,14,16,19H,3-4,6,9-13,15H2,1-2H3,(H,21,24)/p+1/t16-,19+/m0/s1. The monoisotopic (exact) mass is 346 g/mol. The third kappa shape index (κ3) is 4.88. The predicted molar refractivity (Wildman–Crippen MR) is 100 cm³/mol. The van der Waals surface area contributed by atoms with Crippen molar-refractivity contribution in [3.05, 3.63) is 24.3 Å². The largest absolute Gasteiger partial charge is 0.497 e. The number of benzene rings is 1. The maximum Gasteiger partial charge on any atom is 0.275 e. The summed E-state index contributed by atoms with van der Waals surface area (Å²) in [5.74, 6) is 1.74. The van der Waals surface area contributed by atoms with Crippen molar-refractivity contribution >= 4 is 11.6 Å². The van der Waals surface area contributed by atoms with E-state index in [9.17, 15) is 4.79 Å². The van der Waals surface area contributed by atoms with Crippen molar-refractivity contribution in [2.75, 3.05) is 44.7 Å². The van der Waals surface area contributed by atoms with Crippen LogP contribution in [0.15, 0.2) is 24.3 Å². The lowest BCUT2D eigenvalue weighted by Gasteiger charge is -2.34. The van der Waals surface area contributed by atoms with Gasteiger partial charge in [0.15, 0.2) is 6.54 Å². The fourth-order valence-corrected chi connectivity index (χ4v) is 4.08. The van der Waals surface area contributed by atoms with Crippen molar-refractivity contribution < 1.29 is 14.4 Å². The molecule has 1 aromatic rings. The average molecular weight is 346 g/mol. The first kappa shape index (κ1) is 18.1. The summed E-state index contributed by atoms with van der Waals surface area (Å²) in [4.78, 5) is 16.2. The number of nitrogens with one attached hydrogen (secondary N) is 2. The van der Waals surface area contributed by atoms with Gasteiger partial charge in [0.25, 0.3) is 5.91 Å². The molecule has 1 aliphatic heterocycles.